The molecule has 0 saturated heterocycles. The van der Waals surface area contributed by atoms with Crippen LogP contribution in [-0.2, 0) is 6.54 Å². The van der Waals surface area contributed by atoms with Gasteiger partial charge in [-0.25, -0.2) is 0 Å². The molecule has 0 aromatic carbocycles. The Bertz CT molecular complexity index is 391. The molecule has 0 spiro atoms. The van der Waals surface area contributed by atoms with Crippen molar-refractivity contribution in [3.63, 3.8) is 0 Å². The van der Waals surface area contributed by atoms with Crippen LogP contribution in [0.4, 0.5) is 0 Å². The van der Waals surface area contributed by atoms with Crippen LogP contribution in [0.15, 0.2) is 12.4 Å². The van der Waals surface area contributed by atoms with Gasteiger partial charge in [-0.15, -0.1) is 0 Å². The van der Waals surface area contributed by atoms with Gasteiger partial charge in [0.2, 0.25) is 0 Å². The number of aromatic nitrogens is 2. The number of ether oxygens (including phenoxy) is 1. The SMILES string of the molecule is CCOc1cnn(CCC(C#N)NC2CC2)c1. The van der Waals surface area contributed by atoms with Crippen molar-refractivity contribution in [3.05, 3.63) is 12.4 Å². The van der Waals surface area contributed by atoms with E-state index in [9.17, 15) is 0 Å². The summed E-state index contributed by atoms with van der Waals surface area (Å²) in [7, 11) is 0. The zero-order valence-corrected chi connectivity index (χ0v) is 10.1. The number of rotatable bonds is 7. The Kier molecular flexibility index (Phi) is 3.99. The maximum atomic E-state index is 9.00. The lowest BCUT2D eigenvalue weighted by molar-refractivity contribution is 0.339. The fourth-order valence-electron chi connectivity index (χ4n) is 1.69. The summed E-state index contributed by atoms with van der Waals surface area (Å²) >= 11 is 0. The monoisotopic (exact) mass is 234 g/mol. The van der Waals surface area contributed by atoms with Crippen LogP contribution in [0.5, 0.6) is 5.75 Å². The van der Waals surface area contributed by atoms with Crippen molar-refractivity contribution in [2.45, 2.75) is 44.8 Å². The van der Waals surface area contributed by atoms with E-state index in [2.05, 4.69) is 16.5 Å². The van der Waals surface area contributed by atoms with Gasteiger partial charge in [0.15, 0.2) is 5.75 Å². The Morgan fingerprint density at radius 1 is 1.71 bits per heavy atom. The Morgan fingerprint density at radius 3 is 3.18 bits per heavy atom. The van der Waals surface area contributed by atoms with E-state index in [1.165, 1.54) is 12.8 Å². The van der Waals surface area contributed by atoms with Crippen LogP contribution in [0.25, 0.3) is 0 Å². The molecule has 1 aromatic rings. The van der Waals surface area contributed by atoms with Crippen molar-refractivity contribution in [2.24, 2.45) is 0 Å². The summed E-state index contributed by atoms with van der Waals surface area (Å²) < 4.78 is 7.15. The molecule has 1 aliphatic rings. The molecule has 1 atom stereocenters. The van der Waals surface area contributed by atoms with Crippen molar-refractivity contribution in [1.82, 2.24) is 15.1 Å². The normalized spacial score (nSPS) is 16.5. The highest BCUT2D eigenvalue weighted by atomic mass is 16.5. The lowest BCUT2D eigenvalue weighted by Gasteiger charge is -2.10. The first-order valence-corrected chi connectivity index (χ1v) is 6.12. The zero-order valence-electron chi connectivity index (χ0n) is 10.1. The van der Waals surface area contributed by atoms with Gasteiger partial charge in [0, 0.05) is 12.6 Å². The van der Waals surface area contributed by atoms with E-state index in [-0.39, 0.29) is 6.04 Å². The van der Waals surface area contributed by atoms with Crippen LogP contribution in [0, 0.1) is 11.3 Å². The van der Waals surface area contributed by atoms with E-state index < -0.39 is 0 Å². The number of nitrogens with one attached hydrogen (secondary N) is 1. The van der Waals surface area contributed by atoms with Crippen LogP contribution in [0.3, 0.4) is 0 Å². The van der Waals surface area contributed by atoms with Crippen LogP contribution in [0.1, 0.15) is 26.2 Å². The van der Waals surface area contributed by atoms with Gasteiger partial charge in [-0.05, 0) is 26.2 Å². The molecular formula is C12H18N4O. The molecule has 17 heavy (non-hydrogen) atoms. The first kappa shape index (κ1) is 11.9. The van der Waals surface area contributed by atoms with Gasteiger partial charge < -0.3 is 4.74 Å². The minimum atomic E-state index is -0.0674. The summed E-state index contributed by atoms with van der Waals surface area (Å²) in [6.07, 6.45) is 6.76. The predicted molar refractivity (Wildman–Crippen MR) is 63.6 cm³/mol. The predicted octanol–water partition coefficient (Wildman–Crippen LogP) is 1.32. The van der Waals surface area contributed by atoms with E-state index in [0.29, 0.717) is 12.6 Å². The zero-order chi connectivity index (χ0) is 12.1. The lowest BCUT2D eigenvalue weighted by atomic mass is 10.2. The van der Waals surface area contributed by atoms with Crippen LogP contribution in [0.2, 0.25) is 0 Å². The van der Waals surface area contributed by atoms with Crippen molar-refractivity contribution in [2.75, 3.05) is 6.61 Å². The van der Waals surface area contributed by atoms with Gasteiger partial charge in [0.05, 0.1) is 31.1 Å². The van der Waals surface area contributed by atoms with Crippen LogP contribution in [-0.4, -0.2) is 28.5 Å². The van der Waals surface area contributed by atoms with Crippen LogP contribution >= 0.6 is 0 Å². The van der Waals surface area contributed by atoms with Crippen LogP contribution < -0.4 is 10.1 Å². The molecule has 1 saturated carbocycles. The maximum absolute atomic E-state index is 9.00. The average Bonchev–Trinajstić information content (AvgIpc) is 3.04. The number of nitriles is 1. The van der Waals surface area contributed by atoms with Gasteiger partial charge in [0.25, 0.3) is 0 Å². The quantitative estimate of drug-likeness (QED) is 0.772. The summed E-state index contributed by atoms with van der Waals surface area (Å²) in [5.74, 6) is 0.788. The fraction of sp³-hybridized carbons (Fsp3) is 0.667. The lowest BCUT2D eigenvalue weighted by Crippen LogP contribution is -2.30. The largest absolute Gasteiger partial charge is 0.491 e. The minimum absolute atomic E-state index is 0.0674. The minimum Gasteiger partial charge on any atom is -0.491 e. The summed E-state index contributed by atoms with van der Waals surface area (Å²) in [4.78, 5) is 0. The highest BCUT2D eigenvalue weighted by molar-refractivity contribution is 5.11. The first-order chi connectivity index (χ1) is 8.31. The molecule has 0 bridgehead atoms. The number of hydrogen-bond acceptors (Lipinski definition) is 4. The molecule has 1 fully saturated rings. The van der Waals surface area contributed by atoms with E-state index in [4.69, 9.17) is 10.00 Å². The van der Waals surface area contributed by atoms with Gasteiger partial charge in [0.1, 0.15) is 0 Å². The summed E-state index contributed by atoms with van der Waals surface area (Å²) in [6.45, 7) is 3.34. The Labute approximate surface area is 101 Å². The number of aryl methyl sites for hydroxylation is 1. The molecule has 1 aromatic heterocycles. The Balaban J connectivity index is 1.76. The topological polar surface area (TPSA) is 62.9 Å². The smallest absolute Gasteiger partial charge is 0.157 e. The first-order valence-electron chi connectivity index (χ1n) is 6.12. The molecule has 0 aliphatic heterocycles. The number of nitrogens with zero attached hydrogens (tertiary/aromatic N) is 3. The third-order valence-electron chi connectivity index (χ3n) is 2.74. The van der Waals surface area contributed by atoms with E-state index in [1.54, 1.807) is 6.20 Å². The Morgan fingerprint density at radius 2 is 2.53 bits per heavy atom. The Hall–Kier alpha value is -1.54. The highest BCUT2D eigenvalue weighted by Crippen LogP contribution is 2.20. The van der Waals surface area contributed by atoms with E-state index >= 15 is 0 Å². The van der Waals surface area contributed by atoms with Crippen molar-refractivity contribution >= 4 is 0 Å². The fourth-order valence-corrected chi connectivity index (χ4v) is 1.69. The molecule has 1 N–H and O–H groups in total. The molecule has 2 rings (SSSR count). The molecule has 1 aliphatic carbocycles. The molecule has 92 valence electrons. The van der Waals surface area contributed by atoms with Crippen molar-refractivity contribution in [3.8, 4) is 11.8 Å². The average molecular weight is 234 g/mol. The second-order valence-electron chi connectivity index (χ2n) is 4.28. The highest BCUT2D eigenvalue weighted by Gasteiger charge is 2.24. The molecule has 5 heteroatoms. The third-order valence-corrected chi connectivity index (χ3v) is 2.74. The number of hydrogen-bond donors (Lipinski definition) is 1. The van der Waals surface area contributed by atoms with E-state index in [1.807, 2.05) is 17.8 Å². The van der Waals surface area contributed by atoms with Gasteiger partial charge >= 0.3 is 0 Å². The summed E-state index contributed by atoms with van der Waals surface area (Å²) in [5, 5.41) is 16.5. The standard InChI is InChI=1S/C12H18N4O/c1-2-17-12-8-14-16(9-12)6-5-11(7-13)15-10-3-4-10/h8-11,15H,2-6H2,1H3. The van der Waals surface area contributed by atoms with Gasteiger partial charge in [-0.3, -0.25) is 10.00 Å². The molecule has 0 radical (unpaired) electrons. The molecular weight excluding hydrogens is 216 g/mol. The van der Waals surface area contributed by atoms with Gasteiger partial charge in [-0.1, -0.05) is 0 Å². The molecule has 0 amide bonds. The molecule has 1 heterocycles. The summed E-state index contributed by atoms with van der Waals surface area (Å²) in [6, 6.07) is 2.79. The second kappa shape index (κ2) is 5.69. The maximum Gasteiger partial charge on any atom is 0.157 e. The summed E-state index contributed by atoms with van der Waals surface area (Å²) in [5.41, 5.74) is 0. The van der Waals surface area contributed by atoms with E-state index in [0.717, 1.165) is 18.7 Å². The molecule has 5 nitrogen and oxygen atoms in total. The van der Waals surface area contributed by atoms with Gasteiger partial charge in [-0.2, -0.15) is 10.4 Å². The van der Waals surface area contributed by atoms with Crippen molar-refractivity contribution < 1.29 is 4.74 Å². The molecule has 1 unspecified atom stereocenters. The van der Waals surface area contributed by atoms with Crippen molar-refractivity contribution in [1.29, 1.82) is 5.26 Å². The second-order valence-corrected chi connectivity index (χ2v) is 4.28. The third kappa shape index (κ3) is 3.75.